The molecule has 0 saturated heterocycles. The van der Waals surface area contributed by atoms with Gasteiger partial charge in [-0.05, 0) is 25.5 Å². The van der Waals surface area contributed by atoms with E-state index in [9.17, 15) is 5.11 Å². The highest BCUT2D eigenvalue weighted by molar-refractivity contribution is 5.36. The normalized spacial score (nSPS) is 11.6. The number of hydrogen-bond acceptors (Lipinski definition) is 1. The van der Waals surface area contributed by atoms with Crippen molar-refractivity contribution in [3.63, 3.8) is 0 Å². The summed E-state index contributed by atoms with van der Waals surface area (Å²) in [4.78, 5) is 0. The van der Waals surface area contributed by atoms with E-state index in [-0.39, 0.29) is 0 Å². The Bertz CT molecular complexity index is 313. The number of benzene rings is 1. The van der Waals surface area contributed by atoms with Crippen LogP contribution in [0, 0.1) is 18.8 Å². The van der Waals surface area contributed by atoms with E-state index in [0.717, 1.165) is 5.56 Å². The second-order valence-electron chi connectivity index (χ2n) is 3.06. The van der Waals surface area contributed by atoms with Crippen LogP contribution in [-0.2, 0) is 0 Å². The van der Waals surface area contributed by atoms with Crippen LogP contribution in [0.2, 0.25) is 0 Å². The molecule has 1 atom stereocenters. The lowest BCUT2D eigenvalue weighted by Gasteiger charge is -1.95. The maximum atomic E-state index is 9.20. The molecule has 1 rings (SSSR count). The summed E-state index contributed by atoms with van der Waals surface area (Å²) in [5, 5.41) is 9.20. The van der Waals surface area contributed by atoms with Gasteiger partial charge < -0.3 is 5.11 Å². The molecule has 0 amide bonds. The zero-order valence-electron chi connectivity index (χ0n) is 8.04. The predicted octanol–water partition coefficient (Wildman–Crippen LogP) is 2.12. The molecule has 0 aromatic heterocycles. The van der Waals surface area contributed by atoms with Crippen molar-refractivity contribution in [3.05, 3.63) is 35.4 Å². The molecule has 68 valence electrons. The van der Waals surface area contributed by atoms with Crippen molar-refractivity contribution in [2.24, 2.45) is 0 Å². The topological polar surface area (TPSA) is 20.2 Å². The monoisotopic (exact) mass is 174 g/mol. The molecule has 1 aromatic carbocycles. The van der Waals surface area contributed by atoms with Crippen LogP contribution in [0.15, 0.2) is 24.3 Å². The molecule has 0 aliphatic carbocycles. The van der Waals surface area contributed by atoms with Gasteiger partial charge in [-0.3, -0.25) is 0 Å². The Morgan fingerprint density at radius 1 is 1.31 bits per heavy atom. The zero-order valence-corrected chi connectivity index (χ0v) is 8.04. The van der Waals surface area contributed by atoms with Crippen molar-refractivity contribution in [3.8, 4) is 11.8 Å². The Labute approximate surface area is 79.4 Å². The molecule has 0 aliphatic heterocycles. The first-order valence-electron chi connectivity index (χ1n) is 4.48. The van der Waals surface area contributed by atoms with E-state index >= 15 is 0 Å². The third-order valence-corrected chi connectivity index (χ3v) is 1.82. The van der Waals surface area contributed by atoms with Gasteiger partial charge in [0.1, 0.15) is 6.10 Å². The number of aliphatic hydroxyl groups is 1. The minimum atomic E-state index is -0.499. The lowest BCUT2D eigenvalue weighted by Crippen LogP contribution is -1.98. The van der Waals surface area contributed by atoms with Crippen LogP contribution in [0.3, 0.4) is 0 Å². The average Bonchev–Trinajstić information content (AvgIpc) is 2.16. The lowest BCUT2D eigenvalue weighted by molar-refractivity contribution is 0.228. The smallest absolute Gasteiger partial charge is 0.114 e. The zero-order chi connectivity index (χ0) is 9.68. The van der Waals surface area contributed by atoms with E-state index in [2.05, 4.69) is 11.8 Å². The molecule has 1 heteroatoms. The summed E-state index contributed by atoms with van der Waals surface area (Å²) in [6, 6.07) is 7.96. The fourth-order valence-electron chi connectivity index (χ4n) is 0.906. The summed E-state index contributed by atoms with van der Waals surface area (Å²) >= 11 is 0. The third kappa shape index (κ3) is 3.31. The second kappa shape index (κ2) is 4.69. The van der Waals surface area contributed by atoms with Crippen LogP contribution in [0.1, 0.15) is 24.5 Å². The van der Waals surface area contributed by atoms with Crippen molar-refractivity contribution >= 4 is 0 Å². The van der Waals surface area contributed by atoms with E-state index in [1.807, 2.05) is 38.1 Å². The number of aliphatic hydroxyl groups excluding tert-OH is 1. The Hall–Kier alpha value is -1.26. The highest BCUT2D eigenvalue weighted by Crippen LogP contribution is 2.01. The van der Waals surface area contributed by atoms with Crippen LogP contribution in [-0.4, -0.2) is 11.2 Å². The van der Waals surface area contributed by atoms with Crippen molar-refractivity contribution in [1.29, 1.82) is 0 Å². The molecular formula is C12H14O. The highest BCUT2D eigenvalue weighted by atomic mass is 16.3. The van der Waals surface area contributed by atoms with Gasteiger partial charge in [-0.2, -0.15) is 0 Å². The molecule has 1 aromatic rings. The minimum absolute atomic E-state index is 0.499. The largest absolute Gasteiger partial charge is 0.380 e. The molecule has 0 fully saturated rings. The van der Waals surface area contributed by atoms with Crippen LogP contribution >= 0.6 is 0 Å². The Morgan fingerprint density at radius 3 is 2.46 bits per heavy atom. The van der Waals surface area contributed by atoms with Crippen LogP contribution < -0.4 is 0 Å². The van der Waals surface area contributed by atoms with Gasteiger partial charge in [-0.1, -0.05) is 36.5 Å². The van der Waals surface area contributed by atoms with E-state index in [1.54, 1.807) is 0 Å². The van der Waals surface area contributed by atoms with E-state index in [1.165, 1.54) is 5.56 Å². The number of hydrogen-bond donors (Lipinski definition) is 1. The van der Waals surface area contributed by atoms with E-state index in [4.69, 9.17) is 0 Å². The molecule has 13 heavy (non-hydrogen) atoms. The van der Waals surface area contributed by atoms with Gasteiger partial charge in [0.25, 0.3) is 0 Å². The van der Waals surface area contributed by atoms with Gasteiger partial charge in [-0.25, -0.2) is 0 Å². The predicted molar refractivity (Wildman–Crippen MR) is 54.4 cm³/mol. The van der Waals surface area contributed by atoms with Gasteiger partial charge in [-0.15, -0.1) is 0 Å². The Balaban J connectivity index is 2.72. The molecule has 0 aliphatic rings. The van der Waals surface area contributed by atoms with Gasteiger partial charge in [0.15, 0.2) is 0 Å². The standard InChI is InChI=1S/C12H14O/c1-3-12(13)9-8-11-6-4-10(2)5-7-11/h4-7,12-13H,3H2,1-2H3/t12-/m0/s1. The average molecular weight is 174 g/mol. The highest BCUT2D eigenvalue weighted by Gasteiger charge is 1.91. The van der Waals surface area contributed by atoms with Crippen molar-refractivity contribution in [2.45, 2.75) is 26.4 Å². The third-order valence-electron chi connectivity index (χ3n) is 1.82. The summed E-state index contributed by atoms with van der Waals surface area (Å²) < 4.78 is 0. The molecule has 1 N–H and O–H groups in total. The fraction of sp³-hybridized carbons (Fsp3) is 0.333. The van der Waals surface area contributed by atoms with Gasteiger partial charge in [0, 0.05) is 5.56 Å². The van der Waals surface area contributed by atoms with Gasteiger partial charge in [0.2, 0.25) is 0 Å². The second-order valence-corrected chi connectivity index (χ2v) is 3.06. The van der Waals surface area contributed by atoms with Crippen molar-refractivity contribution < 1.29 is 5.11 Å². The van der Waals surface area contributed by atoms with Crippen LogP contribution in [0.5, 0.6) is 0 Å². The SMILES string of the molecule is CC[C@H](O)C#Cc1ccc(C)cc1. The first-order chi connectivity index (χ1) is 6.22. The lowest BCUT2D eigenvalue weighted by atomic mass is 10.1. The molecule has 0 unspecified atom stereocenters. The molecule has 0 saturated carbocycles. The van der Waals surface area contributed by atoms with Crippen molar-refractivity contribution in [1.82, 2.24) is 0 Å². The van der Waals surface area contributed by atoms with Gasteiger partial charge >= 0.3 is 0 Å². The number of aryl methyl sites for hydroxylation is 1. The summed E-state index contributed by atoms with van der Waals surface area (Å²) in [6.45, 7) is 3.95. The quantitative estimate of drug-likeness (QED) is 0.646. The molecule has 0 heterocycles. The molecular weight excluding hydrogens is 160 g/mol. The molecule has 0 radical (unpaired) electrons. The van der Waals surface area contributed by atoms with Gasteiger partial charge in [0.05, 0.1) is 0 Å². The first-order valence-corrected chi connectivity index (χ1v) is 4.48. The van der Waals surface area contributed by atoms with Crippen LogP contribution in [0.4, 0.5) is 0 Å². The van der Waals surface area contributed by atoms with E-state index < -0.39 is 6.10 Å². The molecule has 0 bridgehead atoms. The van der Waals surface area contributed by atoms with E-state index in [0.29, 0.717) is 6.42 Å². The maximum absolute atomic E-state index is 9.20. The Morgan fingerprint density at radius 2 is 1.92 bits per heavy atom. The Kier molecular flexibility index (Phi) is 3.54. The minimum Gasteiger partial charge on any atom is -0.380 e. The van der Waals surface area contributed by atoms with Crippen LogP contribution in [0.25, 0.3) is 0 Å². The summed E-state index contributed by atoms with van der Waals surface area (Å²) in [7, 11) is 0. The maximum Gasteiger partial charge on any atom is 0.114 e. The summed E-state index contributed by atoms with van der Waals surface area (Å²) in [6.07, 6.45) is 0.181. The first kappa shape index (κ1) is 9.83. The number of rotatable bonds is 1. The summed E-state index contributed by atoms with van der Waals surface area (Å²) in [5.41, 5.74) is 2.18. The molecule has 0 spiro atoms. The molecule has 1 nitrogen and oxygen atoms in total. The summed E-state index contributed by atoms with van der Waals surface area (Å²) in [5.74, 6) is 5.70. The van der Waals surface area contributed by atoms with Crippen molar-refractivity contribution in [2.75, 3.05) is 0 Å². The fourth-order valence-corrected chi connectivity index (χ4v) is 0.906.